The number of hydrogen-bond donors (Lipinski definition) is 1. The molecule has 0 aliphatic rings. The van der Waals surface area contributed by atoms with E-state index in [4.69, 9.17) is 9.47 Å². The molecule has 0 aliphatic carbocycles. The third-order valence-corrected chi connectivity index (χ3v) is 5.12. The standard InChI is InChI=1S/C24H20N2O3S/c1-2-13-28-21-9-5-6-10-22(21)29-15-23(27)26-24-25-20(16-30-24)19-12-11-17-7-3-4-8-18(17)14-19/h2-12,14,16H,1,13,15H2,(H,25,26,27). The van der Waals surface area contributed by atoms with Crippen molar-refractivity contribution in [1.29, 1.82) is 0 Å². The van der Waals surface area contributed by atoms with E-state index in [1.807, 2.05) is 35.7 Å². The van der Waals surface area contributed by atoms with Crippen LogP contribution in [0.5, 0.6) is 11.5 Å². The highest BCUT2D eigenvalue weighted by molar-refractivity contribution is 7.14. The summed E-state index contributed by atoms with van der Waals surface area (Å²) >= 11 is 1.38. The summed E-state index contributed by atoms with van der Waals surface area (Å²) < 4.78 is 11.1. The van der Waals surface area contributed by atoms with Gasteiger partial charge in [0.15, 0.2) is 23.2 Å². The van der Waals surface area contributed by atoms with Crippen molar-refractivity contribution in [2.45, 2.75) is 0 Å². The zero-order chi connectivity index (χ0) is 20.8. The van der Waals surface area contributed by atoms with Crippen molar-refractivity contribution in [2.24, 2.45) is 0 Å². The van der Waals surface area contributed by atoms with Gasteiger partial charge in [0.05, 0.1) is 5.69 Å². The fourth-order valence-corrected chi connectivity index (χ4v) is 3.68. The van der Waals surface area contributed by atoms with E-state index in [0.717, 1.165) is 16.6 Å². The minimum Gasteiger partial charge on any atom is -0.486 e. The van der Waals surface area contributed by atoms with Crippen molar-refractivity contribution in [3.05, 3.63) is 84.8 Å². The van der Waals surface area contributed by atoms with E-state index in [1.165, 1.54) is 16.7 Å². The molecule has 0 radical (unpaired) electrons. The van der Waals surface area contributed by atoms with Gasteiger partial charge in [-0.15, -0.1) is 11.3 Å². The molecule has 0 saturated heterocycles. The number of nitrogens with zero attached hydrogens (tertiary/aromatic N) is 1. The summed E-state index contributed by atoms with van der Waals surface area (Å²) in [5.74, 6) is 0.788. The summed E-state index contributed by atoms with van der Waals surface area (Å²) in [5, 5.41) is 7.58. The SMILES string of the molecule is C=CCOc1ccccc1OCC(=O)Nc1nc(-c2ccc3ccccc3c2)cs1. The molecule has 0 atom stereocenters. The number of carbonyl (C=O) groups is 1. The highest BCUT2D eigenvalue weighted by Gasteiger charge is 2.11. The molecule has 0 unspecified atom stereocenters. The average molecular weight is 417 g/mol. The largest absolute Gasteiger partial charge is 0.486 e. The molecule has 1 heterocycles. The number of anilines is 1. The van der Waals surface area contributed by atoms with Gasteiger partial charge in [-0.2, -0.15) is 0 Å². The van der Waals surface area contributed by atoms with E-state index in [9.17, 15) is 4.79 Å². The van der Waals surface area contributed by atoms with Crippen molar-refractivity contribution in [2.75, 3.05) is 18.5 Å². The van der Waals surface area contributed by atoms with E-state index in [1.54, 1.807) is 18.2 Å². The Morgan fingerprint density at radius 3 is 2.53 bits per heavy atom. The lowest BCUT2D eigenvalue weighted by atomic mass is 10.1. The number of rotatable bonds is 8. The lowest BCUT2D eigenvalue weighted by Crippen LogP contribution is -2.20. The average Bonchev–Trinajstić information content (AvgIpc) is 3.25. The lowest BCUT2D eigenvalue weighted by Gasteiger charge is -2.11. The fourth-order valence-electron chi connectivity index (χ4n) is 2.95. The van der Waals surface area contributed by atoms with Crippen LogP contribution in [0.2, 0.25) is 0 Å². The number of nitrogens with one attached hydrogen (secondary N) is 1. The van der Waals surface area contributed by atoms with Crippen molar-refractivity contribution in [3.63, 3.8) is 0 Å². The van der Waals surface area contributed by atoms with Gasteiger partial charge in [0.2, 0.25) is 0 Å². The Bertz CT molecular complexity index is 1190. The first-order chi connectivity index (χ1) is 14.7. The van der Waals surface area contributed by atoms with Crippen LogP contribution in [0.15, 0.2) is 84.8 Å². The van der Waals surface area contributed by atoms with E-state index in [-0.39, 0.29) is 12.5 Å². The number of benzene rings is 3. The zero-order valence-electron chi connectivity index (χ0n) is 16.2. The molecule has 4 rings (SSSR count). The topological polar surface area (TPSA) is 60.5 Å². The van der Waals surface area contributed by atoms with Crippen molar-refractivity contribution in [3.8, 4) is 22.8 Å². The van der Waals surface area contributed by atoms with E-state index in [2.05, 4.69) is 41.1 Å². The van der Waals surface area contributed by atoms with Crippen molar-refractivity contribution < 1.29 is 14.3 Å². The number of thiazole rings is 1. The van der Waals surface area contributed by atoms with Gasteiger partial charge >= 0.3 is 0 Å². The van der Waals surface area contributed by atoms with Crippen LogP contribution in [0.4, 0.5) is 5.13 Å². The molecular weight excluding hydrogens is 396 g/mol. The molecule has 6 heteroatoms. The minimum absolute atomic E-state index is 0.140. The number of ether oxygens (including phenoxy) is 2. The number of hydrogen-bond acceptors (Lipinski definition) is 5. The highest BCUT2D eigenvalue weighted by atomic mass is 32.1. The quantitative estimate of drug-likeness (QED) is 0.383. The van der Waals surface area contributed by atoms with Gasteiger partial charge in [-0.3, -0.25) is 10.1 Å². The van der Waals surface area contributed by atoms with Crippen LogP contribution in [0, 0.1) is 0 Å². The Labute approximate surface area is 178 Å². The Hall–Kier alpha value is -3.64. The summed E-state index contributed by atoms with van der Waals surface area (Å²) in [6, 6.07) is 21.6. The van der Waals surface area contributed by atoms with Crippen LogP contribution in [0.25, 0.3) is 22.0 Å². The molecular formula is C24H20N2O3S. The molecule has 4 aromatic rings. The Balaban J connectivity index is 1.39. The number of para-hydroxylation sites is 2. The number of fused-ring (bicyclic) bond motifs is 1. The third-order valence-electron chi connectivity index (χ3n) is 4.36. The Kier molecular flexibility index (Phi) is 6.06. The van der Waals surface area contributed by atoms with Gasteiger partial charge in [-0.25, -0.2) is 4.98 Å². The fraction of sp³-hybridized carbons (Fsp3) is 0.0833. The first-order valence-corrected chi connectivity index (χ1v) is 10.3. The van der Waals surface area contributed by atoms with Crippen LogP contribution in [-0.2, 0) is 4.79 Å². The Morgan fingerprint density at radius 1 is 1.00 bits per heavy atom. The maximum Gasteiger partial charge on any atom is 0.264 e. The smallest absolute Gasteiger partial charge is 0.264 e. The predicted molar refractivity (Wildman–Crippen MR) is 121 cm³/mol. The highest BCUT2D eigenvalue weighted by Crippen LogP contribution is 2.28. The molecule has 3 aromatic carbocycles. The van der Waals surface area contributed by atoms with Gasteiger partial charge in [-0.05, 0) is 29.0 Å². The van der Waals surface area contributed by atoms with E-state index < -0.39 is 0 Å². The molecule has 1 aromatic heterocycles. The first-order valence-electron chi connectivity index (χ1n) is 9.43. The van der Waals surface area contributed by atoms with E-state index in [0.29, 0.717) is 23.2 Å². The minimum atomic E-state index is -0.284. The molecule has 1 N–H and O–H groups in total. The van der Waals surface area contributed by atoms with Crippen LogP contribution in [0.1, 0.15) is 0 Å². The molecule has 5 nitrogen and oxygen atoms in total. The molecule has 30 heavy (non-hydrogen) atoms. The van der Waals surface area contributed by atoms with Crippen LogP contribution >= 0.6 is 11.3 Å². The second-order valence-electron chi connectivity index (χ2n) is 6.48. The maximum atomic E-state index is 12.3. The van der Waals surface area contributed by atoms with Crippen LogP contribution in [-0.4, -0.2) is 24.1 Å². The second-order valence-corrected chi connectivity index (χ2v) is 7.34. The lowest BCUT2D eigenvalue weighted by molar-refractivity contribution is -0.118. The third kappa shape index (κ3) is 4.67. The monoisotopic (exact) mass is 416 g/mol. The van der Waals surface area contributed by atoms with Crippen molar-refractivity contribution >= 4 is 33.1 Å². The summed E-state index contributed by atoms with van der Waals surface area (Å²) in [7, 11) is 0. The number of amides is 1. The summed E-state index contributed by atoms with van der Waals surface area (Å²) in [4.78, 5) is 16.8. The molecule has 150 valence electrons. The predicted octanol–water partition coefficient (Wildman–Crippen LogP) is 5.55. The number of carbonyl (C=O) groups excluding carboxylic acids is 1. The first kappa shape index (κ1) is 19.7. The normalized spacial score (nSPS) is 10.5. The summed E-state index contributed by atoms with van der Waals surface area (Å²) in [6.45, 7) is 3.85. The second kappa shape index (κ2) is 9.24. The van der Waals surface area contributed by atoms with Crippen molar-refractivity contribution in [1.82, 2.24) is 4.98 Å². The Morgan fingerprint density at radius 2 is 1.73 bits per heavy atom. The molecule has 0 fully saturated rings. The van der Waals surface area contributed by atoms with Gasteiger partial charge in [0.1, 0.15) is 6.61 Å². The van der Waals surface area contributed by atoms with E-state index >= 15 is 0 Å². The molecule has 0 aliphatic heterocycles. The molecule has 1 amide bonds. The van der Waals surface area contributed by atoms with Gasteiger partial charge in [0, 0.05) is 10.9 Å². The molecule has 0 spiro atoms. The van der Waals surface area contributed by atoms with Crippen LogP contribution < -0.4 is 14.8 Å². The molecule has 0 saturated carbocycles. The summed E-state index contributed by atoms with van der Waals surface area (Å²) in [6.07, 6.45) is 1.65. The van der Waals surface area contributed by atoms with Gasteiger partial charge in [-0.1, -0.05) is 61.2 Å². The summed E-state index contributed by atoms with van der Waals surface area (Å²) in [5.41, 5.74) is 1.83. The van der Waals surface area contributed by atoms with Gasteiger partial charge in [0.25, 0.3) is 5.91 Å². The van der Waals surface area contributed by atoms with Gasteiger partial charge < -0.3 is 9.47 Å². The van der Waals surface area contributed by atoms with Crippen LogP contribution in [0.3, 0.4) is 0 Å². The maximum absolute atomic E-state index is 12.3. The molecule has 0 bridgehead atoms. The number of aromatic nitrogens is 1. The zero-order valence-corrected chi connectivity index (χ0v) is 17.0.